The maximum atomic E-state index is 12.3. The lowest BCUT2D eigenvalue weighted by molar-refractivity contribution is -0.386. The van der Waals surface area contributed by atoms with Gasteiger partial charge in [0.05, 0.1) is 11.5 Å². The first-order valence-corrected chi connectivity index (χ1v) is 8.19. The van der Waals surface area contributed by atoms with Gasteiger partial charge < -0.3 is 14.6 Å². The third-order valence-electron chi connectivity index (χ3n) is 3.59. The van der Waals surface area contributed by atoms with Crippen LogP contribution in [0.15, 0.2) is 18.2 Å². The monoisotopic (exact) mass is 386 g/mol. The molecule has 1 saturated heterocycles. The molecule has 2 atom stereocenters. The fourth-order valence-electron chi connectivity index (χ4n) is 2.55. The van der Waals surface area contributed by atoms with Crippen LogP contribution in [-0.2, 0) is 9.53 Å². The maximum Gasteiger partial charge on any atom is 0.411 e. The molecule has 1 aromatic carbocycles. The van der Waals surface area contributed by atoms with Gasteiger partial charge in [0.1, 0.15) is 17.7 Å². The number of carbonyl (C=O) groups is 2. The van der Waals surface area contributed by atoms with Crippen LogP contribution in [0.3, 0.4) is 0 Å². The zero-order valence-corrected chi connectivity index (χ0v) is 15.2. The summed E-state index contributed by atoms with van der Waals surface area (Å²) in [7, 11) is 0. The van der Waals surface area contributed by atoms with Crippen LogP contribution >= 0.6 is 11.6 Å². The summed E-state index contributed by atoms with van der Waals surface area (Å²) in [5, 5.41) is 20.7. The Labute approximate surface area is 154 Å². The number of carbonyl (C=O) groups excluding carboxylic acids is 1. The molecule has 0 aliphatic carbocycles. The summed E-state index contributed by atoms with van der Waals surface area (Å²) < 4.78 is 10.8. The van der Waals surface area contributed by atoms with Crippen LogP contribution in [0.2, 0.25) is 5.02 Å². The van der Waals surface area contributed by atoms with E-state index in [4.69, 9.17) is 21.1 Å². The normalized spacial score (nSPS) is 19.9. The number of ether oxygens (including phenoxy) is 2. The van der Waals surface area contributed by atoms with Gasteiger partial charge >= 0.3 is 17.7 Å². The van der Waals surface area contributed by atoms with Crippen LogP contribution < -0.4 is 4.74 Å². The van der Waals surface area contributed by atoms with Crippen molar-refractivity contribution in [3.8, 4) is 5.75 Å². The number of carboxylic acid groups (broad SMARTS) is 1. The van der Waals surface area contributed by atoms with Gasteiger partial charge in [-0.25, -0.2) is 9.59 Å². The van der Waals surface area contributed by atoms with E-state index in [1.165, 1.54) is 12.1 Å². The highest BCUT2D eigenvalue weighted by Crippen LogP contribution is 2.33. The molecule has 1 N–H and O–H groups in total. The van der Waals surface area contributed by atoms with Gasteiger partial charge in [0.2, 0.25) is 0 Å². The number of nitrogens with zero attached hydrogens (tertiary/aromatic N) is 2. The molecule has 10 heteroatoms. The number of benzene rings is 1. The van der Waals surface area contributed by atoms with Gasteiger partial charge in [0.25, 0.3) is 0 Å². The molecule has 0 saturated carbocycles. The molecular formula is C16H19ClN2O7. The van der Waals surface area contributed by atoms with Crippen LogP contribution in [0.1, 0.15) is 27.2 Å². The van der Waals surface area contributed by atoms with Gasteiger partial charge in [-0.3, -0.25) is 15.0 Å². The molecule has 1 aliphatic heterocycles. The number of rotatable bonds is 4. The topological polar surface area (TPSA) is 119 Å². The highest BCUT2D eigenvalue weighted by atomic mass is 35.5. The van der Waals surface area contributed by atoms with Gasteiger partial charge in [-0.1, -0.05) is 11.6 Å². The Morgan fingerprint density at radius 2 is 2.04 bits per heavy atom. The number of amides is 1. The minimum absolute atomic E-state index is 0.0195. The van der Waals surface area contributed by atoms with E-state index in [1.807, 2.05) is 0 Å². The van der Waals surface area contributed by atoms with E-state index in [0.29, 0.717) is 0 Å². The Bertz CT molecular complexity index is 732. The molecule has 1 aliphatic rings. The highest BCUT2D eigenvalue weighted by Gasteiger charge is 2.43. The van der Waals surface area contributed by atoms with Gasteiger partial charge in [0, 0.05) is 17.5 Å². The molecule has 1 amide bonds. The molecule has 0 aromatic heterocycles. The molecule has 1 heterocycles. The molecule has 26 heavy (non-hydrogen) atoms. The quantitative estimate of drug-likeness (QED) is 0.623. The minimum Gasteiger partial charge on any atom is -0.482 e. The van der Waals surface area contributed by atoms with Crippen molar-refractivity contribution < 1.29 is 29.1 Å². The lowest BCUT2D eigenvalue weighted by Gasteiger charge is -2.26. The number of aliphatic carboxylic acids is 1. The Morgan fingerprint density at radius 3 is 2.58 bits per heavy atom. The first-order valence-electron chi connectivity index (χ1n) is 7.81. The first kappa shape index (κ1) is 19.8. The van der Waals surface area contributed by atoms with E-state index in [-0.39, 0.29) is 29.4 Å². The number of hydrogen-bond acceptors (Lipinski definition) is 6. The van der Waals surface area contributed by atoms with Crippen molar-refractivity contribution in [2.75, 3.05) is 6.54 Å². The Balaban J connectivity index is 2.19. The summed E-state index contributed by atoms with van der Waals surface area (Å²) in [5.41, 5.74) is -1.12. The molecule has 2 rings (SSSR count). The summed E-state index contributed by atoms with van der Waals surface area (Å²) in [4.78, 5) is 35.3. The van der Waals surface area contributed by atoms with Crippen molar-refractivity contribution in [2.24, 2.45) is 0 Å². The molecule has 0 radical (unpaired) electrons. The van der Waals surface area contributed by atoms with Crippen molar-refractivity contribution in [1.29, 1.82) is 0 Å². The first-order chi connectivity index (χ1) is 12.0. The van der Waals surface area contributed by atoms with Crippen molar-refractivity contribution >= 4 is 29.4 Å². The number of nitro groups is 1. The third-order valence-corrected chi connectivity index (χ3v) is 3.82. The van der Waals surface area contributed by atoms with Gasteiger partial charge in [-0.05, 0) is 32.9 Å². The second-order valence-electron chi connectivity index (χ2n) is 6.83. The number of halogens is 1. The summed E-state index contributed by atoms with van der Waals surface area (Å²) in [6.07, 6.45) is -1.53. The third kappa shape index (κ3) is 4.75. The van der Waals surface area contributed by atoms with Crippen LogP contribution in [0, 0.1) is 10.1 Å². The lowest BCUT2D eigenvalue weighted by atomic mass is 10.2. The van der Waals surface area contributed by atoms with Crippen molar-refractivity contribution in [2.45, 2.75) is 44.9 Å². The highest BCUT2D eigenvalue weighted by molar-refractivity contribution is 6.30. The van der Waals surface area contributed by atoms with Crippen LogP contribution in [0.4, 0.5) is 10.5 Å². The van der Waals surface area contributed by atoms with Crippen molar-refractivity contribution in [3.05, 3.63) is 33.3 Å². The molecule has 0 spiro atoms. The van der Waals surface area contributed by atoms with Gasteiger partial charge in [-0.2, -0.15) is 0 Å². The fourth-order valence-corrected chi connectivity index (χ4v) is 2.72. The van der Waals surface area contributed by atoms with Crippen LogP contribution in [0.5, 0.6) is 5.75 Å². The predicted molar refractivity (Wildman–Crippen MR) is 91.5 cm³/mol. The molecule has 9 nitrogen and oxygen atoms in total. The number of nitro benzene ring substituents is 1. The van der Waals surface area contributed by atoms with Crippen molar-refractivity contribution in [1.82, 2.24) is 4.90 Å². The zero-order chi connectivity index (χ0) is 19.6. The maximum absolute atomic E-state index is 12.3. The Morgan fingerprint density at radius 1 is 1.38 bits per heavy atom. The SMILES string of the molecule is CC(C)(C)OC(=O)N1CC(Oc2ccc(Cl)cc2[N+](=O)[O-])CC1C(=O)O. The fraction of sp³-hybridized carbons (Fsp3) is 0.500. The molecule has 1 fully saturated rings. The lowest BCUT2D eigenvalue weighted by Crippen LogP contribution is -2.43. The number of likely N-dealkylation sites (tertiary alicyclic amines) is 1. The standard InChI is InChI=1S/C16H19ClN2O7/c1-16(2,3)26-15(22)18-8-10(7-12(18)14(20)21)25-13-5-4-9(17)6-11(13)19(23)24/h4-6,10,12H,7-8H2,1-3H3,(H,20,21). The second kappa shape index (κ2) is 7.36. The van der Waals surface area contributed by atoms with E-state index < -0.39 is 34.7 Å². The molecule has 0 bridgehead atoms. The smallest absolute Gasteiger partial charge is 0.411 e. The Hall–Kier alpha value is -2.55. The van der Waals surface area contributed by atoms with Crippen molar-refractivity contribution in [3.63, 3.8) is 0 Å². The second-order valence-corrected chi connectivity index (χ2v) is 7.27. The van der Waals surface area contributed by atoms with E-state index in [2.05, 4.69) is 0 Å². The van der Waals surface area contributed by atoms with E-state index >= 15 is 0 Å². The molecule has 2 unspecified atom stereocenters. The summed E-state index contributed by atoms with van der Waals surface area (Å²) in [6.45, 7) is 4.94. The predicted octanol–water partition coefficient (Wildman–Crippen LogP) is 3.09. The summed E-state index contributed by atoms with van der Waals surface area (Å²) >= 11 is 5.76. The minimum atomic E-state index is -1.20. The summed E-state index contributed by atoms with van der Waals surface area (Å²) in [6, 6.07) is 2.78. The average molecular weight is 387 g/mol. The molecule has 1 aromatic rings. The largest absolute Gasteiger partial charge is 0.482 e. The van der Waals surface area contributed by atoms with Crippen LogP contribution in [-0.4, -0.2) is 51.3 Å². The molecule has 142 valence electrons. The van der Waals surface area contributed by atoms with E-state index in [1.54, 1.807) is 20.8 Å². The average Bonchev–Trinajstić information content (AvgIpc) is 2.91. The van der Waals surface area contributed by atoms with Crippen LogP contribution in [0.25, 0.3) is 0 Å². The van der Waals surface area contributed by atoms with Gasteiger partial charge in [-0.15, -0.1) is 0 Å². The number of carboxylic acids is 1. The summed E-state index contributed by atoms with van der Waals surface area (Å²) in [5.74, 6) is -1.24. The zero-order valence-electron chi connectivity index (χ0n) is 14.5. The number of hydrogen-bond donors (Lipinski definition) is 1. The van der Waals surface area contributed by atoms with E-state index in [0.717, 1.165) is 11.0 Å². The van der Waals surface area contributed by atoms with E-state index in [9.17, 15) is 24.8 Å². The Kier molecular flexibility index (Phi) is 5.60. The van der Waals surface area contributed by atoms with Gasteiger partial charge in [0.15, 0.2) is 5.75 Å². The molecular weight excluding hydrogens is 368 g/mol.